The molecular weight excluding hydrogens is 393 g/mol. The number of aromatic nitrogens is 1. The Bertz CT molecular complexity index is 812. The molecule has 1 aromatic carbocycles. The van der Waals surface area contributed by atoms with Crippen molar-refractivity contribution in [1.29, 1.82) is 0 Å². The third kappa shape index (κ3) is 7.69. The summed E-state index contributed by atoms with van der Waals surface area (Å²) in [5.41, 5.74) is 2.40. The summed E-state index contributed by atoms with van der Waals surface area (Å²) < 4.78 is 19.1. The molecule has 0 fully saturated rings. The maximum atomic E-state index is 13.3. The van der Waals surface area contributed by atoms with Crippen LogP contribution in [0.25, 0.3) is 0 Å². The third-order valence-electron chi connectivity index (χ3n) is 4.01. The molecule has 2 rings (SSSR count). The number of hydrogen-bond donors (Lipinski definition) is 3. The van der Waals surface area contributed by atoms with E-state index in [2.05, 4.69) is 25.9 Å². The van der Waals surface area contributed by atoms with E-state index in [4.69, 9.17) is 4.74 Å². The highest BCUT2D eigenvalue weighted by atomic mass is 32.1. The van der Waals surface area contributed by atoms with Gasteiger partial charge in [0.25, 0.3) is 5.91 Å². The van der Waals surface area contributed by atoms with Crippen LogP contribution < -0.4 is 20.7 Å². The number of rotatable bonds is 10. The van der Waals surface area contributed by atoms with Crippen LogP contribution in [0.5, 0.6) is 5.75 Å². The van der Waals surface area contributed by atoms with E-state index in [1.807, 2.05) is 20.8 Å². The van der Waals surface area contributed by atoms with Crippen molar-refractivity contribution in [2.45, 2.75) is 33.3 Å². The summed E-state index contributed by atoms with van der Waals surface area (Å²) in [5.74, 6) is 0.679. The van der Waals surface area contributed by atoms with Crippen LogP contribution in [0, 0.1) is 12.7 Å². The molecule has 7 nitrogen and oxygen atoms in total. The van der Waals surface area contributed by atoms with E-state index in [0.29, 0.717) is 42.8 Å². The maximum Gasteiger partial charge on any atom is 0.263 e. The molecule has 0 aliphatic rings. The number of amides is 1. The fraction of sp³-hybridized carbons (Fsp3) is 0.450. The first-order valence-corrected chi connectivity index (χ1v) is 10.5. The van der Waals surface area contributed by atoms with E-state index in [1.54, 1.807) is 17.6 Å². The molecule has 0 aliphatic heterocycles. The summed E-state index contributed by atoms with van der Waals surface area (Å²) >= 11 is 1.33. The van der Waals surface area contributed by atoms with Crippen LogP contribution in [0.1, 0.15) is 35.6 Å². The van der Waals surface area contributed by atoms with Crippen molar-refractivity contribution in [3.8, 4) is 5.75 Å². The van der Waals surface area contributed by atoms with Crippen molar-refractivity contribution < 1.29 is 13.9 Å². The summed E-state index contributed by atoms with van der Waals surface area (Å²) in [5, 5.41) is 9.21. The molecule has 3 N–H and O–H groups in total. The number of halogens is 1. The van der Waals surface area contributed by atoms with E-state index < -0.39 is 0 Å². The number of carbonyl (C=O) groups excluding carboxylic acids is 1. The molecule has 1 amide bonds. The van der Waals surface area contributed by atoms with E-state index in [1.165, 1.54) is 23.5 Å². The number of hydrogen-bond acceptors (Lipinski definition) is 5. The van der Waals surface area contributed by atoms with Gasteiger partial charge in [0.15, 0.2) is 5.96 Å². The van der Waals surface area contributed by atoms with Crippen molar-refractivity contribution in [3.63, 3.8) is 0 Å². The van der Waals surface area contributed by atoms with Gasteiger partial charge in [-0.15, -0.1) is 11.3 Å². The van der Waals surface area contributed by atoms with Crippen molar-refractivity contribution in [2.75, 3.05) is 26.2 Å². The Hall–Kier alpha value is -2.68. The van der Waals surface area contributed by atoms with Crippen molar-refractivity contribution in [2.24, 2.45) is 4.99 Å². The number of guanidine groups is 1. The lowest BCUT2D eigenvalue weighted by molar-refractivity contribution is 0.0957. The first-order valence-electron chi connectivity index (χ1n) is 9.66. The summed E-state index contributed by atoms with van der Waals surface area (Å²) in [6.45, 7) is 7.90. The van der Waals surface area contributed by atoms with Crippen molar-refractivity contribution in [3.05, 3.63) is 46.2 Å². The number of benzene rings is 1. The van der Waals surface area contributed by atoms with Crippen LogP contribution in [0.4, 0.5) is 4.39 Å². The first-order chi connectivity index (χ1) is 14.0. The first kappa shape index (κ1) is 22.6. The maximum absolute atomic E-state index is 13.3. The van der Waals surface area contributed by atoms with Gasteiger partial charge in [-0.05, 0) is 32.4 Å². The molecule has 158 valence electrons. The largest absolute Gasteiger partial charge is 0.488 e. The molecule has 0 spiro atoms. The number of nitrogens with one attached hydrogen (secondary N) is 3. The lowest BCUT2D eigenvalue weighted by Gasteiger charge is -2.17. The van der Waals surface area contributed by atoms with Crippen molar-refractivity contribution >= 4 is 23.2 Å². The van der Waals surface area contributed by atoms with Gasteiger partial charge < -0.3 is 20.7 Å². The van der Waals surface area contributed by atoms with Crippen LogP contribution in [0.3, 0.4) is 0 Å². The van der Waals surface area contributed by atoms with Gasteiger partial charge in [0, 0.05) is 25.7 Å². The highest BCUT2D eigenvalue weighted by Crippen LogP contribution is 2.15. The van der Waals surface area contributed by atoms with E-state index in [9.17, 15) is 9.18 Å². The monoisotopic (exact) mass is 421 g/mol. The molecule has 0 radical (unpaired) electrons. The normalized spacial score (nSPS) is 12.3. The average Bonchev–Trinajstić information content (AvgIpc) is 3.14. The Morgan fingerprint density at radius 3 is 2.72 bits per heavy atom. The fourth-order valence-corrected chi connectivity index (χ4v) is 3.19. The molecule has 29 heavy (non-hydrogen) atoms. The van der Waals surface area contributed by atoms with Crippen molar-refractivity contribution in [1.82, 2.24) is 20.9 Å². The van der Waals surface area contributed by atoms with Gasteiger partial charge in [0.05, 0.1) is 17.7 Å². The number of aliphatic imine (C=N–C) groups is 1. The van der Waals surface area contributed by atoms with Gasteiger partial charge in [0.2, 0.25) is 0 Å². The molecule has 9 heteroatoms. The molecule has 0 aliphatic carbocycles. The molecule has 2 aromatic rings. The van der Waals surface area contributed by atoms with E-state index in [-0.39, 0.29) is 17.8 Å². The minimum Gasteiger partial charge on any atom is -0.488 e. The van der Waals surface area contributed by atoms with E-state index in [0.717, 1.165) is 12.1 Å². The number of nitrogens with zero attached hydrogens (tertiary/aromatic N) is 2. The van der Waals surface area contributed by atoms with Gasteiger partial charge in [0.1, 0.15) is 22.5 Å². The standard InChI is InChI=1S/C20H28FN5O2S/c1-4-16(28-17-8-6-7-15(21)11-17)12-25-20(22-5-2)24-10-9-23-19(27)18-14(3)26-13-29-18/h6-8,11,13,16H,4-5,9-10,12H2,1-3H3,(H,23,27)(H2,22,24,25). The number of aryl methyl sites for hydroxylation is 1. The summed E-state index contributed by atoms with van der Waals surface area (Å²) in [7, 11) is 0. The average molecular weight is 422 g/mol. The van der Waals surface area contributed by atoms with Crippen LogP contribution >= 0.6 is 11.3 Å². The van der Waals surface area contributed by atoms with E-state index >= 15 is 0 Å². The number of carbonyl (C=O) groups is 1. The summed E-state index contributed by atoms with van der Waals surface area (Å²) in [4.78, 5) is 21.3. The second kappa shape index (κ2) is 12.0. The number of ether oxygens (including phenoxy) is 1. The van der Waals surface area contributed by atoms with Gasteiger partial charge in [-0.1, -0.05) is 13.0 Å². The summed E-state index contributed by atoms with van der Waals surface area (Å²) in [6, 6.07) is 6.10. The lowest BCUT2D eigenvalue weighted by Crippen LogP contribution is -2.42. The Labute approximate surface area is 174 Å². The molecular formula is C20H28FN5O2S. The Kier molecular flexibility index (Phi) is 9.36. The highest BCUT2D eigenvalue weighted by molar-refractivity contribution is 7.11. The molecule has 0 saturated carbocycles. The van der Waals surface area contributed by atoms with Crippen LogP contribution in [-0.4, -0.2) is 49.1 Å². The Balaban J connectivity index is 1.81. The Morgan fingerprint density at radius 1 is 1.28 bits per heavy atom. The Morgan fingerprint density at radius 2 is 2.07 bits per heavy atom. The van der Waals surface area contributed by atoms with Gasteiger partial charge in [-0.25, -0.2) is 14.4 Å². The number of thiazole rings is 1. The zero-order chi connectivity index (χ0) is 21.1. The van der Waals surface area contributed by atoms with Crippen LogP contribution in [0.2, 0.25) is 0 Å². The smallest absolute Gasteiger partial charge is 0.263 e. The highest BCUT2D eigenvalue weighted by Gasteiger charge is 2.11. The minimum absolute atomic E-state index is 0.122. The molecule has 0 saturated heterocycles. The fourth-order valence-electron chi connectivity index (χ4n) is 2.47. The molecule has 1 heterocycles. The topological polar surface area (TPSA) is 87.6 Å². The van der Waals surface area contributed by atoms with Crippen LogP contribution in [0.15, 0.2) is 34.8 Å². The molecule has 0 bridgehead atoms. The van der Waals surface area contributed by atoms with Gasteiger partial charge in [-0.2, -0.15) is 0 Å². The molecule has 1 atom stereocenters. The minimum atomic E-state index is -0.327. The van der Waals surface area contributed by atoms with Gasteiger partial charge in [-0.3, -0.25) is 4.79 Å². The zero-order valence-corrected chi connectivity index (χ0v) is 17.8. The SMILES string of the molecule is CCNC(=NCC(CC)Oc1cccc(F)c1)NCCNC(=O)c1scnc1C. The molecule has 1 aromatic heterocycles. The predicted octanol–water partition coefficient (Wildman–Crippen LogP) is 2.73. The summed E-state index contributed by atoms with van der Waals surface area (Å²) in [6.07, 6.45) is 0.574. The third-order valence-corrected chi connectivity index (χ3v) is 4.93. The second-order valence-electron chi connectivity index (χ2n) is 6.27. The zero-order valence-electron chi connectivity index (χ0n) is 17.0. The quantitative estimate of drug-likeness (QED) is 0.312. The molecule has 1 unspecified atom stereocenters. The van der Waals surface area contributed by atoms with Gasteiger partial charge >= 0.3 is 0 Å². The van der Waals surface area contributed by atoms with Crippen LogP contribution in [-0.2, 0) is 0 Å². The second-order valence-corrected chi connectivity index (χ2v) is 7.13. The predicted molar refractivity (Wildman–Crippen MR) is 114 cm³/mol. The lowest BCUT2D eigenvalue weighted by atomic mass is 10.2.